The maximum absolute atomic E-state index is 11.4. The Morgan fingerprint density at radius 1 is 1.60 bits per heavy atom. The van der Waals surface area contributed by atoms with Gasteiger partial charge in [0.15, 0.2) is 0 Å². The van der Waals surface area contributed by atoms with Gasteiger partial charge in [-0.2, -0.15) is 0 Å². The van der Waals surface area contributed by atoms with Gasteiger partial charge in [0.25, 0.3) is 0 Å². The van der Waals surface area contributed by atoms with Crippen molar-refractivity contribution in [3.05, 3.63) is 0 Å². The summed E-state index contributed by atoms with van der Waals surface area (Å²) in [7, 11) is 1.43. The first-order valence-corrected chi connectivity index (χ1v) is 5.48. The molecule has 4 heteroatoms. The van der Waals surface area contributed by atoms with Gasteiger partial charge >= 0.3 is 5.97 Å². The van der Waals surface area contributed by atoms with E-state index in [4.69, 9.17) is 4.74 Å². The van der Waals surface area contributed by atoms with Crippen LogP contribution in [-0.2, 0) is 9.53 Å². The van der Waals surface area contributed by atoms with E-state index in [0.717, 1.165) is 25.9 Å². The van der Waals surface area contributed by atoms with E-state index in [1.165, 1.54) is 7.11 Å². The SMILES string of the molecule is COC(=O)C1CCCN1CCC(C)(C)O. The van der Waals surface area contributed by atoms with E-state index in [2.05, 4.69) is 4.90 Å². The third-order valence-corrected chi connectivity index (χ3v) is 2.85. The van der Waals surface area contributed by atoms with Gasteiger partial charge in [0, 0.05) is 6.54 Å². The largest absolute Gasteiger partial charge is 0.468 e. The van der Waals surface area contributed by atoms with Gasteiger partial charge in [0.1, 0.15) is 6.04 Å². The number of nitrogens with zero attached hydrogens (tertiary/aromatic N) is 1. The van der Waals surface area contributed by atoms with Gasteiger partial charge in [-0.15, -0.1) is 0 Å². The Labute approximate surface area is 91.2 Å². The highest BCUT2D eigenvalue weighted by Crippen LogP contribution is 2.20. The molecule has 0 bridgehead atoms. The van der Waals surface area contributed by atoms with Crippen LogP contribution >= 0.6 is 0 Å². The Balaban J connectivity index is 2.43. The zero-order valence-electron chi connectivity index (χ0n) is 9.82. The number of rotatable bonds is 4. The molecule has 1 heterocycles. The van der Waals surface area contributed by atoms with Gasteiger partial charge in [0.05, 0.1) is 12.7 Å². The fourth-order valence-electron chi connectivity index (χ4n) is 1.91. The highest BCUT2D eigenvalue weighted by molar-refractivity contribution is 5.75. The van der Waals surface area contributed by atoms with Crippen LogP contribution in [0.1, 0.15) is 33.1 Å². The summed E-state index contributed by atoms with van der Waals surface area (Å²) in [6.07, 6.45) is 2.59. The molecule has 1 aliphatic rings. The smallest absolute Gasteiger partial charge is 0.323 e. The highest BCUT2D eigenvalue weighted by atomic mass is 16.5. The summed E-state index contributed by atoms with van der Waals surface area (Å²) in [4.78, 5) is 13.5. The summed E-state index contributed by atoms with van der Waals surface area (Å²) < 4.78 is 4.75. The van der Waals surface area contributed by atoms with Crippen LogP contribution in [0.25, 0.3) is 0 Å². The molecule has 1 N–H and O–H groups in total. The lowest BCUT2D eigenvalue weighted by molar-refractivity contribution is -0.146. The zero-order valence-corrected chi connectivity index (χ0v) is 9.82. The molecule has 1 saturated heterocycles. The van der Waals surface area contributed by atoms with Crippen LogP contribution in [0.4, 0.5) is 0 Å². The van der Waals surface area contributed by atoms with E-state index in [9.17, 15) is 9.90 Å². The molecule has 0 spiro atoms. The monoisotopic (exact) mass is 215 g/mol. The van der Waals surface area contributed by atoms with Crippen LogP contribution in [0.15, 0.2) is 0 Å². The van der Waals surface area contributed by atoms with Crippen molar-refractivity contribution in [2.24, 2.45) is 0 Å². The minimum atomic E-state index is -0.663. The molecule has 1 rings (SSSR count). The molecular formula is C11H21NO3. The number of hydrogen-bond acceptors (Lipinski definition) is 4. The second kappa shape index (κ2) is 4.94. The van der Waals surface area contributed by atoms with Crippen molar-refractivity contribution in [3.8, 4) is 0 Å². The standard InChI is InChI=1S/C11H21NO3/c1-11(2,14)6-8-12-7-4-5-9(12)10(13)15-3/h9,14H,4-8H2,1-3H3. The van der Waals surface area contributed by atoms with Crippen molar-refractivity contribution in [3.63, 3.8) is 0 Å². The fraction of sp³-hybridized carbons (Fsp3) is 0.909. The number of esters is 1. The van der Waals surface area contributed by atoms with Crippen molar-refractivity contribution in [1.29, 1.82) is 0 Å². The molecule has 0 saturated carbocycles. The molecular weight excluding hydrogens is 194 g/mol. The lowest BCUT2D eigenvalue weighted by Gasteiger charge is -2.25. The Hall–Kier alpha value is -0.610. The van der Waals surface area contributed by atoms with Crippen LogP contribution in [0.3, 0.4) is 0 Å². The first-order valence-electron chi connectivity index (χ1n) is 5.48. The molecule has 0 aromatic carbocycles. The molecule has 4 nitrogen and oxygen atoms in total. The molecule has 0 aliphatic carbocycles. The number of methoxy groups -OCH3 is 1. The lowest BCUT2D eigenvalue weighted by atomic mass is 10.1. The molecule has 0 aromatic heterocycles. The number of carbonyl (C=O) groups is 1. The van der Waals surface area contributed by atoms with Gasteiger partial charge < -0.3 is 9.84 Å². The third-order valence-electron chi connectivity index (χ3n) is 2.85. The molecule has 1 atom stereocenters. The Morgan fingerprint density at radius 3 is 2.80 bits per heavy atom. The molecule has 0 radical (unpaired) electrons. The minimum Gasteiger partial charge on any atom is -0.468 e. The summed E-state index contributed by atoms with van der Waals surface area (Å²) in [5.41, 5.74) is -0.663. The fourth-order valence-corrected chi connectivity index (χ4v) is 1.91. The first-order chi connectivity index (χ1) is 6.94. The van der Waals surface area contributed by atoms with E-state index < -0.39 is 5.60 Å². The maximum atomic E-state index is 11.4. The average Bonchev–Trinajstić information content (AvgIpc) is 2.60. The second-order valence-electron chi connectivity index (χ2n) is 4.78. The molecule has 88 valence electrons. The van der Waals surface area contributed by atoms with Crippen molar-refractivity contribution in [2.75, 3.05) is 20.2 Å². The molecule has 1 aliphatic heterocycles. The van der Waals surface area contributed by atoms with Gasteiger partial charge in [-0.25, -0.2) is 0 Å². The predicted octanol–water partition coefficient (Wildman–Crippen LogP) is 0.785. The molecule has 1 fully saturated rings. The van der Waals surface area contributed by atoms with E-state index in [1.54, 1.807) is 13.8 Å². The van der Waals surface area contributed by atoms with E-state index in [-0.39, 0.29) is 12.0 Å². The number of likely N-dealkylation sites (tertiary alicyclic amines) is 1. The number of carbonyl (C=O) groups excluding carboxylic acids is 1. The topological polar surface area (TPSA) is 49.8 Å². The molecule has 0 amide bonds. The van der Waals surface area contributed by atoms with Crippen LogP contribution < -0.4 is 0 Å². The summed E-state index contributed by atoms with van der Waals surface area (Å²) >= 11 is 0. The van der Waals surface area contributed by atoms with Gasteiger partial charge in [-0.1, -0.05) is 0 Å². The van der Waals surface area contributed by atoms with Gasteiger partial charge in [0.2, 0.25) is 0 Å². The predicted molar refractivity (Wildman–Crippen MR) is 57.5 cm³/mol. The van der Waals surface area contributed by atoms with E-state index in [1.807, 2.05) is 0 Å². The van der Waals surface area contributed by atoms with Gasteiger partial charge in [-0.05, 0) is 39.7 Å². The number of hydrogen-bond donors (Lipinski definition) is 1. The second-order valence-corrected chi connectivity index (χ2v) is 4.78. The van der Waals surface area contributed by atoms with Crippen LogP contribution in [0, 0.1) is 0 Å². The minimum absolute atomic E-state index is 0.0997. The molecule has 1 unspecified atom stereocenters. The van der Waals surface area contributed by atoms with Crippen molar-refractivity contribution < 1.29 is 14.6 Å². The quantitative estimate of drug-likeness (QED) is 0.704. The Morgan fingerprint density at radius 2 is 2.27 bits per heavy atom. The van der Waals surface area contributed by atoms with E-state index in [0.29, 0.717) is 6.42 Å². The summed E-state index contributed by atoms with van der Waals surface area (Å²) in [5.74, 6) is -0.150. The summed E-state index contributed by atoms with van der Waals surface area (Å²) in [5, 5.41) is 9.62. The maximum Gasteiger partial charge on any atom is 0.323 e. The van der Waals surface area contributed by atoms with E-state index >= 15 is 0 Å². The Bertz CT molecular complexity index is 222. The van der Waals surface area contributed by atoms with Gasteiger partial charge in [-0.3, -0.25) is 9.69 Å². The van der Waals surface area contributed by atoms with Crippen molar-refractivity contribution in [1.82, 2.24) is 4.90 Å². The normalized spacial score (nSPS) is 23.1. The molecule has 0 aromatic rings. The number of ether oxygens (including phenoxy) is 1. The number of aliphatic hydroxyl groups is 1. The van der Waals surface area contributed by atoms with Crippen LogP contribution in [0.2, 0.25) is 0 Å². The lowest BCUT2D eigenvalue weighted by Crippen LogP contribution is -2.39. The van der Waals surface area contributed by atoms with Crippen LogP contribution in [0.5, 0.6) is 0 Å². The Kier molecular flexibility index (Phi) is 4.11. The molecule has 15 heavy (non-hydrogen) atoms. The third kappa shape index (κ3) is 3.80. The summed E-state index contributed by atoms with van der Waals surface area (Å²) in [6.45, 7) is 5.26. The van der Waals surface area contributed by atoms with Crippen molar-refractivity contribution in [2.45, 2.75) is 44.8 Å². The summed E-state index contributed by atoms with van der Waals surface area (Å²) in [6, 6.07) is -0.0997. The average molecular weight is 215 g/mol. The zero-order chi connectivity index (χ0) is 11.5. The van der Waals surface area contributed by atoms with Crippen LogP contribution in [-0.4, -0.2) is 47.8 Å². The first kappa shape index (κ1) is 12.5. The van der Waals surface area contributed by atoms with Crippen molar-refractivity contribution >= 4 is 5.97 Å². The highest BCUT2D eigenvalue weighted by Gasteiger charge is 2.31.